The summed E-state index contributed by atoms with van der Waals surface area (Å²) in [5.41, 5.74) is -0.465. The van der Waals surface area contributed by atoms with E-state index in [1.54, 1.807) is 36.8 Å². The number of alkyl halides is 3. The van der Waals surface area contributed by atoms with Gasteiger partial charge in [0.25, 0.3) is 0 Å². The number of nitrogens with zero attached hydrogens (tertiary/aromatic N) is 3. The largest absolute Gasteiger partial charge is 0.416 e. The van der Waals surface area contributed by atoms with Crippen LogP contribution in [0.3, 0.4) is 0 Å². The minimum Gasteiger partial charge on any atom is -0.351 e. The van der Waals surface area contributed by atoms with Gasteiger partial charge in [-0.3, -0.25) is 4.79 Å². The van der Waals surface area contributed by atoms with E-state index >= 15 is 0 Å². The summed E-state index contributed by atoms with van der Waals surface area (Å²) in [7, 11) is -4.30. The van der Waals surface area contributed by atoms with Gasteiger partial charge >= 0.3 is 6.18 Å². The second-order valence-corrected chi connectivity index (χ2v) is 7.83. The van der Waals surface area contributed by atoms with E-state index in [0.29, 0.717) is 17.4 Å². The molecule has 0 unspecified atom stereocenters. The molecule has 0 fully saturated rings. The number of pyridine rings is 1. The topological polar surface area (TPSA) is 106 Å². The molecule has 2 N–H and O–H groups in total. The molecule has 0 bridgehead atoms. The first-order valence-corrected chi connectivity index (χ1v) is 10.0. The minimum atomic E-state index is -4.68. The lowest BCUT2D eigenvalue weighted by atomic mass is 10.2. The van der Waals surface area contributed by atoms with Gasteiger partial charge in [-0.05, 0) is 30.3 Å². The molecule has 1 aromatic carbocycles. The zero-order valence-electron chi connectivity index (χ0n) is 15.3. The Bertz CT molecular complexity index is 1130. The van der Waals surface area contributed by atoms with E-state index < -0.39 is 39.1 Å². The Balaban J connectivity index is 1.62. The maximum absolute atomic E-state index is 12.8. The van der Waals surface area contributed by atoms with E-state index in [1.807, 2.05) is 4.72 Å². The smallest absolute Gasteiger partial charge is 0.351 e. The fraction of sp³-hybridized carbons (Fsp3) is 0.167. The van der Waals surface area contributed by atoms with Crippen molar-refractivity contribution in [2.45, 2.75) is 17.6 Å². The molecule has 0 aliphatic heterocycles. The third-order valence-corrected chi connectivity index (χ3v) is 5.36. The number of benzene rings is 1. The van der Waals surface area contributed by atoms with Crippen molar-refractivity contribution in [1.82, 2.24) is 24.8 Å². The molecule has 30 heavy (non-hydrogen) atoms. The van der Waals surface area contributed by atoms with Gasteiger partial charge < -0.3 is 5.32 Å². The number of hydrogen-bond acceptors (Lipinski definition) is 5. The van der Waals surface area contributed by atoms with Gasteiger partial charge in [0.2, 0.25) is 15.9 Å². The molecular formula is C18H16F3N5O3S. The lowest BCUT2D eigenvalue weighted by molar-refractivity contribution is -0.137. The molecule has 0 aliphatic rings. The van der Waals surface area contributed by atoms with Crippen LogP contribution in [0.2, 0.25) is 0 Å². The number of carbonyl (C=O) groups excluding carboxylic acids is 1. The van der Waals surface area contributed by atoms with Gasteiger partial charge in [-0.15, -0.1) is 0 Å². The van der Waals surface area contributed by atoms with Crippen molar-refractivity contribution in [3.63, 3.8) is 0 Å². The molecule has 1 amide bonds. The summed E-state index contributed by atoms with van der Waals surface area (Å²) in [4.78, 5) is 15.7. The van der Waals surface area contributed by atoms with Gasteiger partial charge in [0.05, 0.1) is 17.0 Å². The third kappa shape index (κ3) is 5.21. The molecule has 158 valence electrons. The van der Waals surface area contributed by atoms with Gasteiger partial charge in [0, 0.05) is 30.7 Å². The molecule has 12 heteroatoms. The molecule has 0 radical (unpaired) electrons. The zero-order valence-corrected chi connectivity index (χ0v) is 16.1. The van der Waals surface area contributed by atoms with Crippen molar-refractivity contribution in [3.8, 4) is 5.82 Å². The lowest BCUT2D eigenvalue weighted by Crippen LogP contribution is -2.36. The van der Waals surface area contributed by atoms with Crippen LogP contribution in [0.4, 0.5) is 13.2 Å². The zero-order chi connectivity index (χ0) is 21.8. The average Bonchev–Trinajstić information content (AvgIpc) is 3.25. The standard InChI is InChI=1S/C18H16F3N5O3S/c19-18(20,21)14-5-1-6-15(10-14)30(28,29)25-12-16(27)23-11-13-4-2-7-22-17(13)26-9-3-8-24-26/h1-10,25H,11-12H2,(H,23,27). The molecule has 0 saturated carbocycles. The van der Waals surface area contributed by atoms with Crippen molar-refractivity contribution in [3.05, 3.63) is 72.2 Å². The van der Waals surface area contributed by atoms with Gasteiger partial charge in [-0.25, -0.2) is 22.8 Å². The molecule has 0 spiro atoms. The van der Waals surface area contributed by atoms with Crippen molar-refractivity contribution in [1.29, 1.82) is 0 Å². The van der Waals surface area contributed by atoms with E-state index in [4.69, 9.17) is 0 Å². The van der Waals surface area contributed by atoms with E-state index in [1.165, 1.54) is 4.68 Å². The molecular weight excluding hydrogens is 423 g/mol. The Kier molecular flexibility index (Phi) is 6.17. The first-order chi connectivity index (χ1) is 14.2. The predicted octanol–water partition coefficient (Wildman–Crippen LogP) is 1.88. The molecule has 3 aromatic rings. The summed E-state index contributed by atoms with van der Waals surface area (Å²) >= 11 is 0. The van der Waals surface area contributed by atoms with Crippen LogP contribution in [0.1, 0.15) is 11.1 Å². The quantitative estimate of drug-likeness (QED) is 0.585. The maximum Gasteiger partial charge on any atom is 0.416 e. The highest BCUT2D eigenvalue weighted by Crippen LogP contribution is 2.30. The highest BCUT2D eigenvalue weighted by molar-refractivity contribution is 7.89. The molecule has 0 atom stereocenters. The van der Waals surface area contributed by atoms with Gasteiger partial charge in [-0.1, -0.05) is 12.1 Å². The van der Waals surface area contributed by atoms with E-state index in [0.717, 1.165) is 18.2 Å². The SMILES string of the molecule is O=C(CNS(=O)(=O)c1cccc(C(F)(F)F)c1)NCc1cccnc1-n1cccn1. The Labute approximate surface area is 169 Å². The summed E-state index contributed by atoms with van der Waals surface area (Å²) in [6, 6.07) is 8.36. The van der Waals surface area contributed by atoms with Crippen molar-refractivity contribution >= 4 is 15.9 Å². The van der Waals surface area contributed by atoms with Crippen molar-refractivity contribution in [2.75, 3.05) is 6.54 Å². The average molecular weight is 439 g/mol. The maximum atomic E-state index is 12.8. The second kappa shape index (κ2) is 8.63. The summed E-state index contributed by atoms with van der Waals surface area (Å²) in [6.07, 6.45) is 0.126. The highest BCUT2D eigenvalue weighted by atomic mass is 32.2. The lowest BCUT2D eigenvalue weighted by Gasteiger charge is -2.11. The van der Waals surface area contributed by atoms with Crippen molar-refractivity contribution in [2.24, 2.45) is 0 Å². The summed E-state index contributed by atoms with van der Waals surface area (Å²) in [5, 5.41) is 6.60. The van der Waals surface area contributed by atoms with Crippen LogP contribution in [0.5, 0.6) is 0 Å². The van der Waals surface area contributed by atoms with Crippen LogP contribution < -0.4 is 10.0 Å². The number of rotatable bonds is 7. The Morgan fingerprint density at radius 1 is 1.10 bits per heavy atom. The first-order valence-electron chi connectivity index (χ1n) is 8.54. The number of nitrogens with one attached hydrogen (secondary N) is 2. The van der Waals surface area contributed by atoms with E-state index in [-0.39, 0.29) is 6.54 Å². The number of aromatic nitrogens is 3. The van der Waals surface area contributed by atoms with Crippen LogP contribution in [0.15, 0.2) is 66.0 Å². The van der Waals surface area contributed by atoms with Gasteiger partial charge in [0.15, 0.2) is 5.82 Å². The van der Waals surface area contributed by atoms with E-state index in [2.05, 4.69) is 15.4 Å². The molecule has 8 nitrogen and oxygen atoms in total. The third-order valence-electron chi connectivity index (χ3n) is 3.96. The fourth-order valence-electron chi connectivity index (χ4n) is 2.51. The normalized spacial score (nSPS) is 12.0. The molecule has 3 rings (SSSR count). The number of amides is 1. The predicted molar refractivity (Wildman–Crippen MR) is 99.8 cm³/mol. The summed E-state index contributed by atoms with van der Waals surface area (Å²) in [6.45, 7) is -0.594. The fourth-order valence-corrected chi connectivity index (χ4v) is 3.54. The first kappa shape index (κ1) is 21.5. The number of carbonyl (C=O) groups is 1. The molecule has 2 aromatic heterocycles. The monoisotopic (exact) mass is 439 g/mol. The van der Waals surface area contributed by atoms with Crippen LogP contribution >= 0.6 is 0 Å². The molecule has 0 aliphatic carbocycles. The summed E-state index contributed by atoms with van der Waals surface area (Å²) < 4.78 is 66.3. The van der Waals surface area contributed by atoms with Crippen LogP contribution in [0, 0.1) is 0 Å². The van der Waals surface area contributed by atoms with Crippen molar-refractivity contribution < 1.29 is 26.4 Å². The number of halogens is 3. The number of sulfonamides is 1. The Hall–Kier alpha value is -3.25. The molecule has 2 heterocycles. The summed E-state index contributed by atoms with van der Waals surface area (Å²) in [5.74, 6) is -0.173. The second-order valence-electron chi connectivity index (χ2n) is 6.06. The van der Waals surface area contributed by atoms with Crippen LogP contribution in [0.25, 0.3) is 5.82 Å². The van der Waals surface area contributed by atoms with Gasteiger partial charge in [-0.2, -0.15) is 18.3 Å². The number of hydrogen-bond donors (Lipinski definition) is 2. The minimum absolute atomic E-state index is 0.0488. The molecule has 0 saturated heterocycles. The van der Waals surface area contributed by atoms with Crippen LogP contribution in [-0.4, -0.2) is 35.6 Å². The van der Waals surface area contributed by atoms with Gasteiger partial charge in [0.1, 0.15) is 0 Å². The van der Waals surface area contributed by atoms with Crippen LogP contribution in [-0.2, 0) is 27.5 Å². The van der Waals surface area contributed by atoms with E-state index in [9.17, 15) is 26.4 Å². The Morgan fingerprint density at radius 2 is 1.90 bits per heavy atom. The Morgan fingerprint density at radius 3 is 2.60 bits per heavy atom. The highest BCUT2D eigenvalue weighted by Gasteiger charge is 2.31.